The molecule has 0 saturated carbocycles. The molecule has 0 N–H and O–H groups in total. The molecule has 0 spiro atoms. The Morgan fingerprint density at radius 3 is 0.954 bits per heavy atom. The molecule has 2 rings (SSSR count). The molecule has 10 nitrogen and oxygen atoms in total. The van der Waals surface area contributed by atoms with E-state index < -0.39 is 36.1 Å². The monoisotopic (exact) mass is 1030 g/mol. The maximum atomic E-state index is 11.1. The molecule has 364 valence electrons. The number of hydrogen-bond donors (Lipinski definition) is 0. The van der Waals surface area contributed by atoms with Crippen LogP contribution in [-0.2, 0) is 51.3 Å². The molecule has 65 heavy (non-hydrogen) atoms. The Morgan fingerprint density at radius 1 is 0.415 bits per heavy atom. The van der Waals surface area contributed by atoms with Crippen molar-refractivity contribution < 1.29 is 48.3 Å². The molecule has 0 fully saturated rings. The number of unbranched alkanes of at least 4 members (excludes halogenated alkanes) is 18. The van der Waals surface area contributed by atoms with Crippen LogP contribution in [0.3, 0.4) is 0 Å². The molecule has 0 aliphatic heterocycles. The quantitative estimate of drug-likeness (QED) is 0.0358. The molecule has 0 heterocycles. The van der Waals surface area contributed by atoms with Crippen LogP contribution in [0.5, 0.6) is 0 Å². The van der Waals surface area contributed by atoms with Gasteiger partial charge in [-0.05, 0) is 62.5 Å². The number of carboxylic acids is 2. The zero-order chi connectivity index (χ0) is 46.9. The first-order chi connectivity index (χ1) is 31.0. The maximum Gasteiger partial charge on any atom is 2.00 e. The summed E-state index contributed by atoms with van der Waals surface area (Å²) in [5, 5.41) is 22.2. The topological polar surface area (TPSA) is 151 Å². The first kappa shape index (κ1) is 62.8. The van der Waals surface area contributed by atoms with E-state index in [4.69, 9.17) is 18.9 Å². The van der Waals surface area contributed by atoms with Gasteiger partial charge < -0.3 is 38.7 Å². The van der Waals surface area contributed by atoms with Gasteiger partial charge >= 0.3 is 60.8 Å². The van der Waals surface area contributed by atoms with Crippen molar-refractivity contribution in [3.8, 4) is 0 Å². The second-order valence-corrected chi connectivity index (χ2v) is 17.5. The van der Waals surface area contributed by atoms with Crippen LogP contribution in [0.25, 0.3) is 0 Å². The van der Waals surface area contributed by atoms with Gasteiger partial charge in [0.1, 0.15) is 12.2 Å². The zero-order valence-corrected chi connectivity index (χ0v) is 45.5. The number of carboxylic acid groups (broad SMARTS) is 2. The summed E-state index contributed by atoms with van der Waals surface area (Å²) in [7, 11) is 0. The van der Waals surface area contributed by atoms with Gasteiger partial charge in [0.15, 0.2) is 0 Å². The van der Waals surface area contributed by atoms with E-state index in [9.17, 15) is 29.4 Å². The van der Waals surface area contributed by atoms with Gasteiger partial charge in [-0.15, -0.1) is 0 Å². The fourth-order valence-corrected chi connectivity index (χ4v) is 7.82. The normalized spacial score (nSPS) is 12.7. The van der Waals surface area contributed by atoms with Crippen molar-refractivity contribution >= 4 is 72.8 Å². The predicted octanol–water partition coefficient (Wildman–Crippen LogP) is 11.1. The van der Waals surface area contributed by atoms with Crippen LogP contribution in [0.15, 0.2) is 60.7 Å². The van der Waals surface area contributed by atoms with Crippen molar-refractivity contribution in [2.75, 3.05) is 0 Å². The summed E-state index contributed by atoms with van der Waals surface area (Å²) in [5.74, 6) is -3.83. The second-order valence-electron chi connectivity index (χ2n) is 17.5. The van der Waals surface area contributed by atoms with Gasteiger partial charge in [0.2, 0.25) is 0 Å². The maximum absolute atomic E-state index is 11.1. The average molecular weight is 1030 g/mol. The number of carbonyl (C=O) groups is 4. The number of rotatable bonds is 40. The molecule has 0 amide bonds. The van der Waals surface area contributed by atoms with Crippen molar-refractivity contribution in [2.45, 2.75) is 245 Å². The van der Waals surface area contributed by atoms with Crippen LogP contribution < -0.4 is 10.2 Å². The fourth-order valence-electron chi connectivity index (χ4n) is 7.82. The number of esters is 2. The van der Waals surface area contributed by atoms with Crippen molar-refractivity contribution in [2.24, 2.45) is 0 Å². The Morgan fingerprint density at radius 2 is 0.677 bits per heavy atom. The Balaban J connectivity index is 0.00000124. The molecule has 4 unspecified atom stereocenters. The molecule has 0 saturated heterocycles. The summed E-state index contributed by atoms with van der Waals surface area (Å²) in [6.07, 6.45) is 28.8. The summed E-state index contributed by atoms with van der Waals surface area (Å²) in [5.41, 5.74) is 2.33. The first-order valence-electron chi connectivity index (χ1n) is 25.1. The Kier molecular flexibility index (Phi) is 42.8. The molecular formula is C54H86BaO10. The van der Waals surface area contributed by atoms with Gasteiger partial charge in [0.25, 0.3) is 0 Å². The summed E-state index contributed by atoms with van der Waals surface area (Å²) < 4.78 is 22.1. The van der Waals surface area contributed by atoms with Crippen LogP contribution in [0.2, 0.25) is 0 Å². The van der Waals surface area contributed by atoms with Crippen molar-refractivity contribution in [3.05, 3.63) is 71.8 Å². The summed E-state index contributed by atoms with van der Waals surface area (Å²) >= 11 is 0. The number of aliphatic carboxylic acids is 2. The smallest absolute Gasteiger partial charge is 0.546 e. The molecule has 11 heteroatoms. The summed E-state index contributed by atoms with van der Waals surface area (Å²) in [4.78, 5) is 44.3. The molecule has 4 atom stereocenters. The second kappa shape index (κ2) is 44.3. The van der Waals surface area contributed by atoms with Crippen molar-refractivity contribution in [3.63, 3.8) is 0 Å². The third-order valence-corrected chi connectivity index (χ3v) is 11.5. The fraction of sp³-hybridized carbons (Fsp3) is 0.704. The van der Waals surface area contributed by atoms with Crippen LogP contribution in [-0.4, -0.2) is 97.2 Å². The van der Waals surface area contributed by atoms with E-state index in [0.29, 0.717) is 26.1 Å². The molecule has 2 aromatic carbocycles. The number of ether oxygens (including phenoxy) is 4. The Labute approximate surface area is 434 Å². The molecule has 0 aromatic heterocycles. The SMILES string of the molecule is CCCCCCCCCCCC(CCCCC(OC(C)=O)C(=O)[O-])OCc1ccccc1.CCCCCCCCCCCC(CCCCC(OC(C)=O)C(=O)[O-])OCc1ccccc1.[Ba+2]. The summed E-state index contributed by atoms with van der Waals surface area (Å²) in [6, 6.07) is 20.3. The van der Waals surface area contributed by atoms with Crippen LogP contribution in [0, 0.1) is 0 Å². The van der Waals surface area contributed by atoms with Crippen LogP contribution in [0.4, 0.5) is 0 Å². The van der Waals surface area contributed by atoms with E-state index in [1.807, 2.05) is 36.4 Å². The molecule has 0 aliphatic carbocycles. The standard InChI is InChI=1S/2C27H44O5.Ba/c2*1-3-4-5-6-7-8-9-10-14-19-25(31-22-24-17-12-11-13-18-24)20-15-16-21-26(27(29)30)32-23(2)28;/h2*11-13,17-18,25-26H,3-10,14-16,19-22H2,1-2H3,(H,29,30);/q;;+2/p-2. The minimum atomic E-state index is -1.33. The van der Waals surface area contributed by atoms with Gasteiger partial charge in [-0.1, -0.05) is 203 Å². The molecule has 0 aliphatic rings. The van der Waals surface area contributed by atoms with E-state index in [0.717, 1.165) is 62.5 Å². The van der Waals surface area contributed by atoms with E-state index in [-0.39, 0.29) is 73.9 Å². The number of carbonyl (C=O) groups excluding carboxylic acids is 4. The molecule has 0 bridgehead atoms. The van der Waals surface area contributed by atoms with Gasteiger partial charge in [0, 0.05) is 13.8 Å². The van der Waals surface area contributed by atoms with Gasteiger partial charge in [-0.3, -0.25) is 9.59 Å². The van der Waals surface area contributed by atoms with Gasteiger partial charge in [-0.25, -0.2) is 0 Å². The summed E-state index contributed by atoms with van der Waals surface area (Å²) in [6.45, 7) is 8.12. The average Bonchev–Trinajstić information content (AvgIpc) is 3.28. The van der Waals surface area contributed by atoms with Crippen molar-refractivity contribution in [1.82, 2.24) is 0 Å². The third-order valence-electron chi connectivity index (χ3n) is 11.5. The Hall–Kier alpha value is -2.19. The van der Waals surface area contributed by atoms with E-state index in [1.165, 1.54) is 117 Å². The predicted molar refractivity (Wildman–Crippen MR) is 258 cm³/mol. The number of hydrogen-bond acceptors (Lipinski definition) is 10. The third kappa shape index (κ3) is 38.5. The van der Waals surface area contributed by atoms with Crippen LogP contribution in [0.1, 0.15) is 219 Å². The minimum Gasteiger partial charge on any atom is -0.546 e. The van der Waals surface area contributed by atoms with Crippen LogP contribution >= 0.6 is 0 Å². The molecular weight excluding hydrogens is 946 g/mol. The molecule has 2 aromatic rings. The minimum absolute atomic E-state index is 0. The van der Waals surface area contributed by atoms with E-state index in [1.54, 1.807) is 0 Å². The van der Waals surface area contributed by atoms with Gasteiger partial charge in [0.05, 0.1) is 37.4 Å². The largest absolute Gasteiger partial charge is 2.00 e. The number of benzene rings is 2. The first-order valence-corrected chi connectivity index (χ1v) is 25.1. The zero-order valence-electron chi connectivity index (χ0n) is 41.1. The van der Waals surface area contributed by atoms with E-state index >= 15 is 0 Å². The van der Waals surface area contributed by atoms with Gasteiger partial charge in [-0.2, -0.15) is 0 Å². The van der Waals surface area contributed by atoms with E-state index in [2.05, 4.69) is 38.1 Å². The molecule has 0 radical (unpaired) electrons. The van der Waals surface area contributed by atoms with Crippen molar-refractivity contribution in [1.29, 1.82) is 0 Å². The Bertz CT molecular complexity index is 1320.